The van der Waals surface area contributed by atoms with Crippen LogP contribution < -0.4 is 20.7 Å². The Morgan fingerprint density at radius 2 is 1.97 bits per heavy atom. The van der Waals surface area contributed by atoms with Gasteiger partial charge in [-0.05, 0) is 49.7 Å². The number of methoxy groups -OCH3 is 1. The molecule has 0 unspecified atom stereocenters. The number of benzene rings is 2. The van der Waals surface area contributed by atoms with Gasteiger partial charge in [-0.1, -0.05) is 18.5 Å². The topological polar surface area (TPSA) is 92.6 Å². The molecule has 0 saturated heterocycles. The molecule has 11 heteroatoms. The van der Waals surface area contributed by atoms with Gasteiger partial charge >= 0.3 is 0 Å². The molecule has 3 N–H and O–H groups in total. The number of amides is 1. The Balaban J connectivity index is 1.35. The number of anilines is 2. The highest BCUT2D eigenvalue weighted by molar-refractivity contribution is 6.34. The number of nitrogens with zero attached hydrogens (tertiary/aromatic N) is 3. The van der Waals surface area contributed by atoms with Crippen LogP contribution in [0.2, 0.25) is 5.02 Å². The van der Waals surface area contributed by atoms with Gasteiger partial charge in [0.2, 0.25) is 5.82 Å². The summed E-state index contributed by atoms with van der Waals surface area (Å²) >= 11 is 6.43. The number of nitrogens with one attached hydrogen (secondary N) is 3. The smallest absolute Gasteiger partial charge is 0.253 e. The molecule has 1 saturated carbocycles. The molecule has 1 aliphatic carbocycles. The van der Waals surface area contributed by atoms with Gasteiger partial charge in [0, 0.05) is 35.7 Å². The van der Waals surface area contributed by atoms with E-state index < -0.39 is 11.6 Å². The van der Waals surface area contributed by atoms with E-state index >= 15 is 0 Å². The molecule has 2 aromatic heterocycles. The van der Waals surface area contributed by atoms with Crippen molar-refractivity contribution in [2.75, 3.05) is 19.0 Å². The second-order valence-corrected chi connectivity index (χ2v) is 9.18. The molecule has 0 aliphatic heterocycles. The van der Waals surface area contributed by atoms with E-state index in [1.54, 1.807) is 28.8 Å². The van der Waals surface area contributed by atoms with Gasteiger partial charge in [-0.15, -0.1) is 0 Å². The lowest BCUT2D eigenvalue weighted by molar-refractivity contribution is 0.0903. The first-order chi connectivity index (χ1) is 17.9. The highest BCUT2D eigenvalue weighted by Crippen LogP contribution is 2.32. The molecule has 5 rings (SSSR count). The Hall–Kier alpha value is -3.76. The number of carbonyl (C=O) groups excluding carboxylic acids is 1. The minimum atomic E-state index is -1.07. The van der Waals surface area contributed by atoms with Crippen molar-refractivity contribution >= 4 is 34.7 Å². The first kappa shape index (κ1) is 24.9. The van der Waals surface area contributed by atoms with Crippen LogP contribution in [0.4, 0.5) is 20.3 Å². The van der Waals surface area contributed by atoms with E-state index in [4.69, 9.17) is 16.3 Å². The number of imidazole rings is 1. The molecule has 8 nitrogen and oxygen atoms in total. The van der Waals surface area contributed by atoms with E-state index in [1.807, 2.05) is 0 Å². The fourth-order valence-electron chi connectivity index (χ4n) is 4.46. The van der Waals surface area contributed by atoms with Crippen molar-refractivity contribution in [1.29, 1.82) is 0 Å². The van der Waals surface area contributed by atoms with Crippen LogP contribution in [0.5, 0.6) is 5.75 Å². The number of ether oxygens (including phenoxy) is 1. The van der Waals surface area contributed by atoms with Crippen molar-refractivity contribution < 1.29 is 18.3 Å². The van der Waals surface area contributed by atoms with Crippen LogP contribution in [0.15, 0.2) is 48.9 Å². The molecule has 1 fully saturated rings. The van der Waals surface area contributed by atoms with E-state index in [0.29, 0.717) is 34.5 Å². The van der Waals surface area contributed by atoms with Crippen LogP contribution in [-0.2, 0) is 0 Å². The third-order valence-corrected chi connectivity index (χ3v) is 6.73. The lowest BCUT2D eigenvalue weighted by atomic mass is 9.86. The Bertz CT molecular complexity index is 1470. The summed E-state index contributed by atoms with van der Waals surface area (Å²) in [6.45, 7) is 2.97. The predicted molar refractivity (Wildman–Crippen MR) is 138 cm³/mol. The number of hydrogen-bond donors (Lipinski definition) is 3. The van der Waals surface area contributed by atoms with E-state index in [-0.39, 0.29) is 28.3 Å². The number of halogens is 3. The SMILES string of the molecule is CCNC1CC(NC(=O)c2ccc(Nc3nccn4c(-c5ccc(OC)c(F)c5F)cnc34)cc2Cl)C1. The Morgan fingerprint density at radius 3 is 2.70 bits per heavy atom. The zero-order valence-corrected chi connectivity index (χ0v) is 20.9. The summed E-state index contributed by atoms with van der Waals surface area (Å²) in [5, 5.41) is 9.80. The monoisotopic (exact) mass is 526 g/mol. The Kier molecular flexibility index (Phi) is 6.94. The summed E-state index contributed by atoms with van der Waals surface area (Å²) in [5.74, 6) is -2.13. The quantitative estimate of drug-likeness (QED) is 0.301. The summed E-state index contributed by atoms with van der Waals surface area (Å²) in [7, 11) is 1.27. The third kappa shape index (κ3) is 4.82. The highest BCUT2D eigenvalue weighted by atomic mass is 35.5. The predicted octanol–water partition coefficient (Wildman–Crippen LogP) is 4.95. The van der Waals surface area contributed by atoms with Gasteiger partial charge in [0.15, 0.2) is 23.0 Å². The van der Waals surface area contributed by atoms with Gasteiger partial charge in [-0.3, -0.25) is 9.20 Å². The van der Waals surface area contributed by atoms with Crippen LogP contribution in [0, 0.1) is 11.6 Å². The molecule has 4 aromatic rings. The van der Waals surface area contributed by atoms with E-state index in [0.717, 1.165) is 19.4 Å². The second kappa shape index (κ2) is 10.3. The van der Waals surface area contributed by atoms with Crippen molar-refractivity contribution in [3.63, 3.8) is 0 Å². The number of aromatic nitrogens is 3. The molecule has 37 heavy (non-hydrogen) atoms. The first-order valence-corrected chi connectivity index (χ1v) is 12.2. The van der Waals surface area contributed by atoms with Crippen molar-refractivity contribution in [1.82, 2.24) is 25.0 Å². The first-order valence-electron chi connectivity index (χ1n) is 11.8. The molecule has 0 bridgehead atoms. The van der Waals surface area contributed by atoms with Crippen molar-refractivity contribution in [3.8, 4) is 17.0 Å². The maximum atomic E-state index is 14.7. The van der Waals surface area contributed by atoms with Crippen molar-refractivity contribution in [3.05, 3.63) is 71.1 Å². The van der Waals surface area contributed by atoms with Gasteiger partial charge in [0.1, 0.15) is 0 Å². The summed E-state index contributed by atoms with van der Waals surface area (Å²) < 4.78 is 35.5. The lowest BCUT2D eigenvalue weighted by Gasteiger charge is -2.36. The second-order valence-electron chi connectivity index (χ2n) is 8.77. The maximum Gasteiger partial charge on any atom is 0.253 e. The Labute approximate surface area is 217 Å². The van der Waals surface area contributed by atoms with E-state index in [2.05, 4.69) is 32.8 Å². The maximum absolute atomic E-state index is 14.7. The minimum absolute atomic E-state index is 0.0321. The van der Waals surface area contributed by atoms with Crippen LogP contribution in [0.1, 0.15) is 30.1 Å². The van der Waals surface area contributed by atoms with Gasteiger partial charge in [0.05, 0.1) is 29.6 Å². The fourth-order valence-corrected chi connectivity index (χ4v) is 4.73. The number of hydrogen-bond acceptors (Lipinski definition) is 6. The average Bonchev–Trinajstić information content (AvgIpc) is 3.29. The molecule has 2 heterocycles. The van der Waals surface area contributed by atoms with Gasteiger partial charge in [0.25, 0.3) is 5.91 Å². The van der Waals surface area contributed by atoms with Crippen molar-refractivity contribution in [2.24, 2.45) is 0 Å². The zero-order chi connectivity index (χ0) is 26.1. The van der Waals surface area contributed by atoms with Gasteiger partial charge in [-0.25, -0.2) is 14.4 Å². The molecule has 0 atom stereocenters. The molecule has 1 aliphatic rings. The average molecular weight is 527 g/mol. The minimum Gasteiger partial charge on any atom is -0.494 e. The largest absolute Gasteiger partial charge is 0.494 e. The molecule has 192 valence electrons. The third-order valence-electron chi connectivity index (χ3n) is 6.41. The summed E-state index contributed by atoms with van der Waals surface area (Å²) in [6.07, 6.45) is 6.35. The number of rotatable bonds is 8. The summed E-state index contributed by atoms with van der Waals surface area (Å²) in [4.78, 5) is 21.4. The number of fused-ring (bicyclic) bond motifs is 1. The molecular formula is C26H25ClF2N6O2. The van der Waals surface area contributed by atoms with E-state index in [9.17, 15) is 13.6 Å². The zero-order valence-electron chi connectivity index (χ0n) is 20.2. The number of carbonyl (C=O) groups is 1. The highest BCUT2D eigenvalue weighted by Gasteiger charge is 2.30. The Morgan fingerprint density at radius 1 is 1.16 bits per heavy atom. The summed E-state index contributed by atoms with van der Waals surface area (Å²) in [6, 6.07) is 8.36. The van der Waals surface area contributed by atoms with Crippen LogP contribution in [-0.4, -0.2) is 46.0 Å². The van der Waals surface area contributed by atoms with Crippen molar-refractivity contribution in [2.45, 2.75) is 31.8 Å². The summed E-state index contributed by atoms with van der Waals surface area (Å²) in [5.41, 5.74) is 1.74. The normalized spacial score (nSPS) is 16.9. The van der Waals surface area contributed by atoms with Gasteiger partial charge < -0.3 is 20.7 Å². The molecular weight excluding hydrogens is 502 g/mol. The van der Waals surface area contributed by atoms with Gasteiger partial charge in [-0.2, -0.15) is 4.39 Å². The van der Waals surface area contributed by atoms with Crippen LogP contribution in [0.3, 0.4) is 0 Å². The van der Waals surface area contributed by atoms with Crippen LogP contribution in [0.25, 0.3) is 16.9 Å². The van der Waals surface area contributed by atoms with Crippen LogP contribution >= 0.6 is 11.6 Å². The standard InChI is InChI=1S/C26H25ClF2N6O2/c1-3-30-15-10-16(11-15)34-26(36)17-5-4-14(12-19(17)27)33-24-25-32-13-20(35(25)9-8-31-24)18-6-7-21(37-2)23(29)22(18)28/h4-9,12-13,15-16,30H,3,10-11H2,1-2H3,(H,31,33)(H,34,36). The lowest BCUT2D eigenvalue weighted by Crippen LogP contribution is -2.52. The molecule has 0 spiro atoms. The molecule has 2 aromatic carbocycles. The fraction of sp³-hybridized carbons (Fsp3) is 0.269. The molecule has 0 radical (unpaired) electrons. The van der Waals surface area contributed by atoms with E-state index in [1.165, 1.54) is 31.6 Å². The molecule has 1 amide bonds.